The molecule has 1 fully saturated rings. The molecule has 1 aromatic carbocycles. The van der Waals surface area contributed by atoms with E-state index >= 15 is 0 Å². The Morgan fingerprint density at radius 3 is 2.74 bits per heavy atom. The Hall–Kier alpha value is -2.15. The average molecular weight is 333 g/mol. The summed E-state index contributed by atoms with van der Waals surface area (Å²) in [4.78, 5) is 12.3. The highest BCUT2D eigenvalue weighted by Gasteiger charge is 2.31. The number of anilines is 1. The van der Waals surface area contributed by atoms with Crippen molar-refractivity contribution in [2.75, 3.05) is 16.8 Å². The van der Waals surface area contributed by atoms with E-state index in [4.69, 9.17) is 0 Å². The van der Waals surface area contributed by atoms with Gasteiger partial charge in [-0.2, -0.15) is 5.10 Å². The lowest BCUT2D eigenvalue weighted by atomic mass is 10.2. The summed E-state index contributed by atoms with van der Waals surface area (Å²) < 4.78 is 24.9. The number of carbonyl (C=O) groups is 1. The lowest BCUT2D eigenvalue weighted by molar-refractivity contribution is 0.102. The second-order valence-corrected chi connectivity index (χ2v) is 8.22. The first-order valence-electron chi connectivity index (χ1n) is 7.49. The summed E-state index contributed by atoms with van der Waals surface area (Å²) in [6, 6.07) is 9.04. The zero-order valence-electron chi connectivity index (χ0n) is 13.1. The van der Waals surface area contributed by atoms with Crippen LogP contribution in [0.25, 0.3) is 0 Å². The van der Waals surface area contributed by atoms with Crippen LogP contribution in [0.5, 0.6) is 0 Å². The predicted molar refractivity (Wildman–Crippen MR) is 88.4 cm³/mol. The van der Waals surface area contributed by atoms with Crippen molar-refractivity contribution in [2.45, 2.75) is 26.3 Å². The number of nitrogens with zero attached hydrogens (tertiary/aromatic N) is 2. The molecule has 0 aliphatic carbocycles. The number of benzene rings is 1. The Morgan fingerprint density at radius 1 is 1.30 bits per heavy atom. The summed E-state index contributed by atoms with van der Waals surface area (Å²) in [5.74, 6) is -0.0192. The Balaban J connectivity index is 1.79. The molecule has 7 heteroatoms. The number of nitrogens with one attached hydrogen (secondary N) is 1. The zero-order valence-corrected chi connectivity index (χ0v) is 13.9. The molecule has 1 saturated heterocycles. The normalized spacial score (nSPS) is 19.7. The fourth-order valence-corrected chi connectivity index (χ4v) is 4.55. The van der Waals surface area contributed by atoms with Crippen LogP contribution in [0.15, 0.2) is 30.3 Å². The fourth-order valence-electron chi connectivity index (χ4n) is 2.85. The predicted octanol–water partition coefficient (Wildman–Crippen LogP) is 2.11. The number of aryl methyl sites for hydroxylation is 2. The van der Waals surface area contributed by atoms with Crippen LogP contribution < -0.4 is 5.32 Å². The van der Waals surface area contributed by atoms with Gasteiger partial charge in [0.05, 0.1) is 17.5 Å². The first-order chi connectivity index (χ1) is 10.8. The van der Waals surface area contributed by atoms with Crippen molar-refractivity contribution in [2.24, 2.45) is 0 Å². The van der Waals surface area contributed by atoms with Gasteiger partial charge in [-0.25, -0.2) is 8.42 Å². The van der Waals surface area contributed by atoms with Crippen LogP contribution >= 0.6 is 0 Å². The van der Waals surface area contributed by atoms with Crippen molar-refractivity contribution in [1.29, 1.82) is 0 Å². The Kier molecular flexibility index (Phi) is 3.97. The molecule has 1 N–H and O–H groups in total. The lowest BCUT2D eigenvalue weighted by Crippen LogP contribution is -2.16. The lowest BCUT2D eigenvalue weighted by Gasteiger charge is -2.10. The van der Waals surface area contributed by atoms with Crippen LogP contribution in [0.3, 0.4) is 0 Å². The van der Waals surface area contributed by atoms with Gasteiger partial charge in [-0.3, -0.25) is 9.48 Å². The summed E-state index contributed by atoms with van der Waals surface area (Å²) >= 11 is 0. The van der Waals surface area contributed by atoms with Crippen molar-refractivity contribution >= 4 is 21.4 Å². The second-order valence-electron chi connectivity index (χ2n) is 6.00. The maximum absolute atomic E-state index is 12.3. The molecule has 2 aromatic rings. The smallest absolute Gasteiger partial charge is 0.276 e. The van der Waals surface area contributed by atoms with Crippen molar-refractivity contribution in [3.63, 3.8) is 0 Å². The molecule has 0 bridgehead atoms. The number of aromatic nitrogens is 2. The van der Waals surface area contributed by atoms with E-state index in [-0.39, 0.29) is 23.5 Å². The fraction of sp³-hybridized carbons (Fsp3) is 0.375. The van der Waals surface area contributed by atoms with Crippen LogP contribution in [0.1, 0.15) is 34.2 Å². The third kappa shape index (κ3) is 3.44. The van der Waals surface area contributed by atoms with Gasteiger partial charge in [-0.05, 0) is 44.0 Å². The van der Waals surface area contributed by atoms with Crippen molar-refractivity contribution in [3.05, 3.63) is 47.3 Å². The van der Waals surface area contributed by atoms with Gasteiger partial charge in [0.1, 0.15) is 0 Å². The van der Waals surface area contributed by atoms with Crippen LogP contribution in [0.2, 0.25) is 0 Å². The average Bonchev–Trinajstić information content (AvgIpc) is 3.01. The van der Waals surface area contributed by atoms with Gasteiger partial charge in [-0.15, -0.1) is 0 Å². The molecule has 1 unspecified atom stereocenters. The van der Waals surface area contributed by atoms with Crippen LogP contribution in [-0.4, -0.2) is 35.6 Å². The van der Waals surface area contributed by atoms with Crippen molar-refractivity contribution < 1.29 is 13.2 Å². The molecule has 23 heavy (non-hydrogen) atoms. The third-order valence-electron chi connectivity index (χ3n) is 3.99. The summed E-state index contributed by atoms with van der Waals surface area (Å²) in [5.41, 5.74) is 2.86. The van der Waals surface area contributed by atoms with E-state index in [2.05, 4.69) is 10.4 Å². The van der Waals surface area contributed by atoms with E-state index in [1.54, 1.807) is 10.7 Å². The highest BCUT2D eigenvalue weighted by molar-refractivity contribution is 7.91. The topological polar surface area (TPSA) is 81.1 Å². The Labute approximate surface area is 135 Å². The quantitative estimate of drug-likeness (QED) is 0.933. The Bertz CT molecular complexity index is 855. The number of carbonyl (C=O) groups excluding carboxylic acids is 1. The molecule has 2 heterocycles. The van der Waals surface area contributed by atoms with Gasteiger partial charge < -0.3 is 5.32 Å². The molecule has 0 spiro atoms. The molecule has 122 valence electrons. The number of hydrogen-bond donors (Lipinski definition) is 1. The molecule has 1 aliphatic rings. The summed E-state index contributed by atoms with van der Waals surface area (Å²) in [5, 5.41) is 7.13. The maximum atomic E-state index is 12.3. The Morgan fingerprint density at radius 2 is 2.09 bits per heavy atom. The van der Waals surface area contributed by atoms with Gasteiger partial charge in [0.15, 0.2) is 15.5 Å². The largest absolute Gasteiger partial charge is 0.321 e. The van der Waals surface area contributed by atoms with E-state index in [9.17, 15) is 13.2 Å². The molecule has 6 nitrogen and oxygen atoms in total. The molecule has 3 rings (SSSR count). The summed E-state index contributed by atoms with van der Waals surface area (Å²) in [6.07, 6.45) is 0.545. The summed E-state index contributed by atoms with van der Waals surface area (Å²) in [6.45, 7) is 3.79. The molecule has 0 saturated carbocycles. The highest BCUT2D eigenvalue weighted by Crippen LogP contribution is 2.25. The number of hydrogen-bond acceptors (Lipinski definition) is 4. The second kappa shape index (κ2) is 5.81. The van der Waals surface area contributed by atoms with Crippen LogP contribution in [0.4, 0.5) is 5.69 Å². The van der Waals surface area contributed by atoms with Crippen molar-refractivity contribution in [1.82, 2.24) is 9.78 Å². The first-order valence-corrected chi connectivity index (χ1v) is 9.31. The van der Waals surface area contributed by atoms with Crippen LogP contribution in [0, 0.1) is 13.8 Å². The molecule has 1 aromatic heterocycles. The van der Waals surface area contributed by atoms with Gasteiger partial charge in [0.25, 0.3) is 5.91 Å². The molecule has 1 aliphatic heterocycles. The van der Waals surface area contributed by atoms with Gasteiger partial charge in [0, 0.05) is 11.4 Å². The molecule has 1 amide bonds. The van der Waals surface area contributed by atoms with Gasteiger partial charge in [-0.1, -0.05) is 12.1 Å². The van der Waals surface area contributed by atoms with Gasteiger partial charge in [0.2, 0.25) is 0 Å². The minimum atomic E-state index is -2.99. The number of amides is 1. The minimum Gasteiger partial charge on any atom is -0.321 e. The van der Waals surface area contributed by atoms with E-state index in [0.29, 0.717) is 17.8 Å². The van der Waals surface area contributed by atoms with E-state index < -0.39 is 9.84 Å². The molecular formula is C16H19N3O3S. The summed E-state index contributed by atoms with van der Waals surface area (Å²) in [7, 11) is -2.99. The first kappa shape index (κ1) is 15.7. The maximum Gasteiger partial charge on any atom is 0.276 e. The monoisotopic (exact) mass is 333 g/mol. The van der Waals surface area contributed by atoms with Gasteiger partial charge >= 0.3 is 0 Å². The standard InChI is InChI=1S/C16H19N3O3S/c1-11-4-3-5-13(8-11)17-16(20)15-9-12(2)19(18-15)14-6-7-23(21,22)10-14/h3-5,8-9,14H,6-7,10H2,1-2H3,(H,17,20). The number of rotatable bonds is 3. The third-order valence-corrected chi connectivity index (χ3v) is 5.74. The van der Waals surface area contributed by atoms with Crippen LogP contribution in [-0.2, 0) is 9.84 Å². The molecular weight excluding hydrogens is 314 g/mol. The van der Waals surface area contributed by atoms with E-state index in [1.807, 2.05) is 38.1 Å². The number of sulfone groups is 1. The SMILES string of the molecule is Cc1cccc(NC(=O)c2cc(C)n(C3CCS(=O)(=O)C3)n2)c1. The zero-order chi connectivity index (χ0) is 16.6. The van der Waals surface area contributed by atoms with Crippen molar-refractivity contribution in [3.8, 4) is 0 Å². The minimum absolute atomic E-state index is 0.0917. The van der Waals surface area contributed by atoms with E-state index in [0.717, 1.165) is 11.3 Å². The molecule has 0 radical (unpaired) electrons. The highest BCUT2D eigenvalue weighted by atomic mass is 32.2. The van der Waals surface area contributed by atoms with E-state index in [1.165, 1.54) is 0 Å². The molecule has 1 atom stereocenters.